The Balaban J connectivity index is 1.36. The number of nitrogens with zero attached hydrogens (tertiary/aromatic N) is 2. The summed E-state index contributed by atoms with van der Waals surface area (Å²) < 4.78 is 11.8. The van der Waals surface area contributed by atoms with Crippen molar-refractivity contribution in [3.8, 4) is 33.6 Å². The summed E-state index contributed by atoms with van der Waals surface area (Å²) in [5, 5.41) is 9.67. The topological polar surface area (TPSA) is 23.0 Å². The van der Waals surface area contributed by atoms with E-state index in [-0.39, 0.29) is 0 Å². The standard InChI is InChI=1S/C46H26N2O/c1-2-11-27(12-3-1)47-39-19-8-6-15-30(39)34-21-22-35-36-23-24-37-31-16-7-9-20-41(31)49-46(37)45(36)48(44(35)43(34)47)40-26-25-33-29-14-5-4-13-28(29)32-17-10-18-38(40)42(32)33/h1-26H. The third-order valence-corrected chi connectivity index (χ3v) is 10.8. The summed E-state index contributed by atoms with van der Waals surface area (Å²) in [6.45, 7) is 0. The third-order valence-electron chi connectivity index (χ3n) is 10.8. The van der Waals surface area contributed by atoms with Crippen molar-refractivity contribution in [2.75, 3.05) is 0 Å². The second kappa shape index (κ2) is 9.06. The van der Waals surface area contributed by atoms with Gasteiger partial charge in [-0.2, -0.15) is 0 Å². The van der Waals surface area contributed by atoms with Crippen LogP contribution in [0, 0.1) is 0 Å². The summed E-state index contributed by atoms with van der Waals surface area (Å²) in [6, 6.07) is 57.4. The fraction of sp³-hybridized carbons (Fsp3) is 0. The number of furan rings is 1. The van der Waals surface area contributed by atoms with Crippen LogP contribution in [0.5, 0.6) is 0 Å². The highest BCUT2D eigenvalue weighted by molar-refractivity contribution is 6.29. The molecule has 0 unspecified atom stereocenters. The van der Waals surface area contributed by atoms with Gasteiger partial charge >= 0.3 is 0 Å². The molecule has 3 heterocycles. The van der Waals surface area contributed by atoms with Crippen molar-refractivity contribution in [1.82, 2.24) is 9.13 Å². The average Bonchev–Trinajstić information content (AvgIpc) is 3.90. The molecule has 49 heavy (non-hydrogen) atoms. The van der Waals surface area contributed by atoms with Crippen molar-refractivity contribution in [2.24, 2.45) is 0 Å². The highest BCUT2D eigenvalue weighted by atomic mass is 16.3. The Hall–Kier alpha value is -6.58. The van der Waals surface area contributed by atoms with Crippen LogP contribution in [-0.2, 0) is 0 Å². The minimum absolute atomic E-state index is 0.904. The monoisotopic (exact) mass is 622 g/mol. The number of hydrogen-bond donors (Lipinski definition) is 0. The van der Waals surface area contributed by atoms with Crippen LogP contribution in [0.2, 0.25) is 0 Å². The molecule has 0 aliphatic heterocycles. The second-order valence-corrected chi connectivity index (χ2v) is 13.2. The molecule has 3 nitrogen and oxygen atoms in total. The number of benzene rings is 8. The van der Waals surface area contributed by atoms with E-state index in [4.69, 9.17) is 4.42 Å². The van der Waals surface area contributed by atoms with E-state index in [9.17, 15) is 0 Å². The van der Waals surface area contributed by atoms with E-state index in [1.54, 1.807) is 0 Å². The zero-order valence-electron chi connectivity index (χ0n) is 26.3. The van der Waals surface area contributed by atoms with Gasteiger partial charge in [0.05, 0.1) is 27.8 Å². The minimum Gasteiger partial charge on any atom is -0.454 e. The van der Waals surface area contributed by atoms with E-state index in [1.165, 1.54) is 71.1 Å². The molecule has 0 amide bonds. The normalized spacial score (nSPS) is 12.5. The number of rotatable bonds is 2. The van der Waals surface area contributed by atoms with Crippen LogP contribution < -0.4 is 0 Å². The highest BCUT2D eigenvalue weighted by Crippen LogP contribution is 2.51. The lowest BCUT2D eigenvalue weighted by atomic mass is 10.0. The molecule has 1 aliphatic rings. The maximum Gasteiger partial charge on any atom is 0.160 e. The molecular formula is C46H26N2O. The molecule has 226 valence electrons. The first-order chi connectivity index (χ1) is 24.3. The molecule has 11 aromatic rings. The third kappa shape index (κ3) is 3.13. The smallest absolute Gasteiger partial charge is 0.160 e. The first-order valence-corrected chi connectivity index (χ1v) is 16.9. The van der Waals surface area contributed by atoms with Crippen LogP contribution in [0.15, 0.2) is 162 Å². The number of para-hydroxylation sites is 3. The van der Waals surface area contributed by atoms with Crippen LogP contribution in [0.1, 0.15) is 0 Å². The van der Waals surface area contributed by atoms with Crippen LogP contribution >= 0.6 is 0 Å². The SMILES string of the molecule is c1ccc(-n2c3ccccc3c3ccc4c5ccc6c7ccccc7oc6c5n(-c5ccc6c7c(cccc57)-c5ccccc5-6)c4c32)cc1. The molecule has 0 bridgehead atoms. The molecule has 0 N–H and O–H groups in total. The summed E-state index contributed by atoms with van der Waals surface area (Å²) in [6.07, 6.45) is 0. The van der Waals surface area contributed by atoms with Gasteiger partial charge in [0, 0.05) is 43.4 Å². The van der Waals surface area contributed by atoms with Crippen molar-refractivity contribution >= 4 is 76.3 Å². The number of fused-ring (bicyclic) bond motifs is 14. The van der Waals surface area contributed by atoms with Crippen molar-refractivity contribution < 1.29 is 4.42 Å². The summed E-state index contributed by atoms with van der Waals surface area (Å²) in [4.78, 5) is 0. The van der Waals surface area contributed by atoms with E-state index in [0.717, 1.165) is 38.8 Å². The lowest BCUT2D eigenvalue weighted by molar-refractivity contribution is 0.671. The zero-order chi connectivity index (χ0) is 31.8. The average molecular weight is 623 g/mol. The molecule has 3 aromatic heterocycles. The Morgan fingerprint density at radius 3 is 1.78 bits per heavy atom. The van der Waals surface area contributed by atoms with Gasteiger partial charge in [-0.25, -0.2) is 0 Å². The summed E-state index contributed by atoms with van der Waals surface area (Å²) in [5.74, 6) is 0. The van der Waals surface area contributed by atoms with E-state index in [2.05, 4.69) is 167 Å². The van der Waals surface area contributed by atoms with Gasteiger partial charge in [0.1, 0.15) is 5.58 Å². The van der Waals surface area contributed by atoms with Gasteiger partial charge in [-0.15, -0.1) is 0 Å². The van der Waals surface area contributed by atoms with Crippen LogP contribution in [0.4, 0.5) is 0 Å². The predicted octanol–water partition coefficient (Wildman–Crippen LogP) is 12.6. The molecule has 0 atom stereocenters. The summed E-state index contributed by atoms with van der Waals surface area (Å²) in [5.41, 5.74) is 14.0. The fourth-order valence-corrected chi connectivity index (χ4v) is 8.88. The lowest BCUT2D eigenvalue weighted by Gasteiger charge is -2.15. The van der Waals surface area contributed by atoms with Gasteiger partial charge in [0.2, 0.25) is 0 Å². The Morgan fingerprint density at radius 1 is 0.347 bits per heavy atom. The number of aromatic nitrogens is 2. The van der Waals surface area contributed by atoms with Gasteiger partial charge in [0.15, 0.2) is 5.58 Å². The van der Waals surface area contributed by atoms with E-state index in [0.29, 0.717) is 0 Å². The van der Waals surface area contributed by atoms with Crippen LogP contribution in [0.25, 0.3) is 110 Å². The van der Waals surface area contributed by atoms with Crippen molar-refractivity contribution in [3.63, 3.8) is 0 Å². The van der Waals surface area contributed by atoms with E-state index >= 15 is 0 Å². The maximum absolute atomic E-state index is 6.84. The quantitative estimate of drug-likeness (QED) is 0.188. The van der Waals surface area contributed by atoms with Crippen molar-refractivity contribution in [1.29, 1.82) is 0 Å². The zero-order valence-corrected chi connectivity index (χ0v) is 26.3. The van der Waals surface area contributed by atoms with Gasteiger partial charge in [-0.05, 0) is 64.0 Å². The Labute approximate surface area is 280 Å². The molecular weight excluding hydrogens is 597 g/mol. The summed E-state index contributed by atoms with van der Waals surface area (Å²) >= 11 is 0. The molecule has 3 heteroatoms. The lowest BCUT2D eigenvalue weighted by Crippen LogP contribution is -1.99. The molecule has 0 spiro atoms. The minimum atomic E-state index is 0.904. The van der Waals surface area contributed by atoms with E-state index < -0.39 is 0 Å². The van der Waals surface area contributed by atoms with Gasteiger partial charge in [0.25, 0.3) is 0 Å². The van der Waals surface area contributed by atoms with Crippen LogP contribution in [0.3, 0.4) is 0 Å². The largest absolute Gasteiger partial charge is 0.454 e. The Kier molecular flexibility index (Phi) is 4.72. The molecule has 8 aromatic carbocycles. The predicted molar refractivity (Wildman–Crippen MR) is 204 cm³/mol. The molecule has 0 saturated carbocycles. The molecule has 12 rings (SSSR count). The molecule has 1 aliphatic carbocycles. The first kappa shape index (κ1) is 25.5. The molecule has 0 radical (unpaired) electrons. The highest BCUT2D eigenvalue weighted by Gasteiger charge is 2.27. The Bertz CT molecular complexity index is 3180. The van der Waals surface area contributed by atoms with Gasteiger partial charge in [-0.1, -0.05) is 121 Å². The first-order valence-electron chi connectivity index (χ1n) is 16.9. The van der Waals surface area contributed by atoms with Gasteiger partial charge < -0.3 is 13.6 Å². The Morgan fingerprint density at radius 2 is 0.939 bits per heavy atom. The molecule has 0 fully saturated rings. The summed E-state index contributed by atoms with van der Waals surface area (Å²) in [7, 11) is 0. The van der Waals surface area contributed by atoms with Crippen LogP contribution in [-0.4, -0.2) is 9.13 Å². The fourth-order valence-electron chi connectivity index (χ4n) is 8.88. The van der Waals surface area contributed by atoms with Crippen molar-refractivity contribution in [2.45, 2.75) is 0 Å². The second-order valence-electron chi connectivity index (χ2n) is 13.2. The number of hydrogen-bond acceptors (Lipinski definition) is 1. The van der Waals surface area contributed by atoms with E-state index in [1.807, 2.05) is 0 Å². The maximum atomic E-state index is 6.84. The van der Waals surface area contributed by atoms with Crippen molar-refractivity contribution in [3.05, 3.63) is 158 Å². The van der Waals surface area contributed by atoms with Gasteiger partial charge in [-0.3, -0.25) is 0 Å². The molecule has 0 saturated heterocycles.